The first-order chi connectivity index (χ1) is 11.7. The average molecular weight is 379 g/mol. The number of rotatable bonds is 6. The number of anilines is 1. The molecule has 1 amide bonds. The summed E-state index contributed by atoms with van der Waals surface area (Å²) in [4.78, 5) is 13.3. The second kappa shape index (κ2) is 8.03. The Morgan fingerprint density at radius 3 is 2.24 bits per heavy atom. The number of hydrogen-bond donors (Lipinski definition) is 1. The van der Waals surface area contributed by atoms with Crippen LogP contribution in [0.25, 0.3) is 0 Å². The summed E-state index contributed by atoms with van der Waals surface area (Å²) in [5.41, 5.74) is 2.99. The number of aryl methyl sites for hydroxylation is 2. The van der Waals surface area contributed by atoms with Gasteiger partial charge in [0, 0.05) is 24.7 Å². The van der Waals surface area contributed by atoms with Gasteiger partial charge < -0.3 is 5.32 Å². The molecule has 2 aromatic carbocycles. The quantitative estimate of drug-likeness (QED) is 0.784. The van der Waals surface area contributed by atoms with E-state index in [1.165, 1.54) is 49.1 Å². The van der Waals surface area contributed by atoms with Crippen molar-refractivity contribution in [2.75, 3.05) is 25.2 Å². The van der Waals surface area contributed by atoms with Gasteiger partial charge >= 0.3 is 0 Å². The Morgan fingerprint density at radius 2 is 1.68 bits per heavy atom. The Bertz CT molecular complexity index is 860. The molecular weight excluding hydrogens is 356 g/mol. The molecule has 134 valence electrons. The standard InChI is InChI=1S/C18H22N2O3S2/c1-13-5-8-16(11-14(13)2)24-12-18(21)19-15-6-9-17(10-7-15)25(22,23)20(3)4/h5-11H,12H2,1-4H3,(H,19,21). The van der Waals surface area contributed by atoms with E-state index in [-0.39, 0.29) is 10.8 Å². The predicted molar refractivity (Wildman–Crippen MR) is 103 cm³/mol. The molecule has 0 fully saturated rings. The van der Waals surface area contributed by atoms with Crippen molar-refractivity contribution >= 4 is 33.4 Å². The van der Waals surface area contributed by atoms with Crippen molar-refractivity contribution < 1.29 is 13.2 Å². The van der Waals surface area contributed by atoms with Crippen molar-refractivity contribution in [2.45, 2.75) is 23.6 Å². The van der Waals surface area contributed by atoms with Crippen LogP contribution in [0.15, 0.2) is 52.3 Å². The molecule has 2 aromatic rings. The Hall–Kier alpha value is -1.83. The summed E-state index contributed by atoms with van der Waals surface area (Å²) < 4.78 is 25.2. The van der Waals surface area contributed by atoms with Crippen LogP contribution in [-0.2, 0) is 14.8 Å². The monoisotopic (exact) mass is 378 g/mol. The lowest BCUT2D eigenvalue weighted by Crippen LogP contribution is -2.22. The van der Waals surface area contributed by atoms with Crippen LogP contribution in [0.2, 0.25) is 0 Å². The SMILES string of the molecule is Cc1ccc(SCC(=O)Nc2ccc(S(=O)(=O)N(C)C)cc2)cc1C. The van der Waals surface area contributed by atoms with Gasteiger partial charge in [-0.05, 0) is 61.4 Å². The van der Waals surface area contributed by atoms with Gasteiger partial charge in [-0.25, -0.2) is 12.7 Å². The third kappa shape index (κ3) is 5.07. The number of amides is 1. The first kappa shape index (κ1) is 19.5. The van der Waals surface area contributed by atoms with E-state index in [0.29, 0.717) is 11.4 Å². The molecule has 0 aliphatic rings. The van der Waals surface area contributed by atoms with Crippen molar-refractivity contribution in [3.05, 3.63) is 53.6 Å². The van der Waals surface area contributed by atoms with E-state index in [1.807, 2.05) is 19.1 Å². The summed E-state index contributed by atoms with van der Waals surface area (Å²) in [6.07, 6.45) is 0. The van der Waals surface area contributed by atoms with Gasteiger partial charge in [0.05, 0.1) is 10.6 Å². The summed E-state index contributed by atoms with van der Waals surface area (Å²) >= 11 is 1.47. The maximum atomic E-state index is 12.1. The third-order valence-corrected chi connectivity index (χ3v) is 6.59. The molecule has 0 radical (unpaired) electrons. The van der Waals surface area contributed by atoms with Gasteiger partial charge in [-0.15, -0.1) is 11.8 Å². The van der Waals surface area contributed by atoms with Crippen LogP contribution in [0.3, 0.4) is 0 Å². The van der Waals surface area contributed by atoms with Crippen LogP contribution in [0.4, 0.5) is 5.69 Å². The number of thioether (sulfide) groups is 1. The second-order valence-corrected chi connectivity index (χ2v) is 9.10. The van der Waals surface area contributed by atoms with Crippen LogP contribution < -0.4 is 5.32 Å². The van der Waals surface area contributed by atoms with Gasteiger partial charge in [-0.3, -0.25) is 4.79 Å². The smallest absolute Gasteiger partial charge is 0.242 e. The van der Waals surface area contributed by atoms with E-state index in [9.17, 15) is 13.2 Å². The number of carbonyl (C=O) groups is 1. The molecule has 0 aromatic heterocycles. The van der Waals surface area contributed by atoms with E-state index in [0.717, 1.165) is 9.20 Å². The highest BCUT2D eigenvalue weighted by Crippen LogP contribution is 2.22. The molecule has 0 unspecified atom stereocenters. The van der Waals surface area contributed by atoms with E-state index < -0.39 is 10.0 Å². The van der Waals surface area contributed by atoms with Crippen molar-refractivity contribution in [3.8, 4) is 0 Å². The summed E-state index contributed by atoms with van der Waals surface area (Å²) in [5, 5.41) is 2.78. The highest BCUT2D eigenvalue weighted by Gasteiger charge is 2.16. The zero-order valence-electron chi connectivity index (χ0n) is 14.7. The fourth-order valence-corrected chi connectivity index (χ4v) is 3.77. The number of carbonyl (C=O) groups excluding carboxylic acids is 1. The molecule has 0 atom stereocenters. The van der Waals surface area contributed by atoms with Crippen LogP contribution in [0, 0.1) is 13.8 Å². The number of benzene rings is 2. The number of nitrogens with zero attached hydrogens (tertiary/aromatic N) is 1. The second-order valence-electron chi connectivity index (χ2n) is 5.89. The molecular formula is C18H22N2O3S2. The lowest BCUT2D eigenvalue weighted by Gasteiger charge is -2.12. The molecule has 5 nitrogen and oxygen atoms in total. The lowest BCUT2D eigenvalue weighted by atomic mass is 10.1. The van der Waals surface area contributed by atoms with Crippen LogP contribution in [0.1, 0.15) is 11.1 Å². The minimum Gasteiger partial charge on any atom is -0.325 e. The zero-order chi connectivity index (χ0) is 18.6. The molecule has 0 saturated carbocycles. The highest BCUT2D eigenvalue weighted by atomic mass is 32.2. The Balaban J connectivity index is 1.95. The molecule has 0 saturated heterocycles. The predicted octanol–water partition coefficient (Wildman–Crippen LogP) is 3.28. The van der Waals surface area contributed by atoms with Crippen molar-refractivity contribution in [1.29, 1.82) is 0 Å². The lowest BCUT2D eigenvalue weighted by molar-refractivity contribution is -0.113. The van der Waals surface area contributed by atoms with Crippen LogP contribution in [0.5, 0.6) is 0 Å². The Labute approximate surface area is 153 Å². The van der Waals surface area contributed by atoms with E-state index >= 15 is 0 Å². The molecule has 2 rings (SSSR count). The van der Waals surface area contributed by atoms with Crippen molar-refractivity contribution in [3.63, 3.8) is 0 Å². The van der Waals surface area contributed by atoms with E-state index in [2.05, 4.69) is 18.3 Å². The first-order valence-corrected chi connectivity index (χ1v) is 10.1. The fourth-order valence-electron chi connectivity index (χ4n) is 2.07. The minimum absolute atomic E-state index is 0.133. The molecule has 1 N–H and O–H groups in total. The maximum absolute atomic E-state index is 12.1. The summed E-state index contributed by atoms with van der Waals surface area (Å²) in [6, 6.07) is 12.3. The molecule has 0 aliphatic heterocycles. The Kier molecular flexibility index (Phi) is 6.26. The minimum atomic E-state index is -3.46. The van der Waals surface area contributed by atoms with Crippen molar-refractivity contribution in [2.24, 2.45) is 0 Å². The number of hydrogen-bond acceptors (Lipinski definition) is 4. The number of sulfonamides is 1. The fraction of sp³-hybridized carbons (Fsp3) is 0.278. The third-order valence-electron chi connectivity index (χ3n) is 3.76. The average Bonchev–Trinajstić information content (AvgIpc) is 2.56. The van der Waals surface area contributed by atoms with Crippen molar-refractivity contribution in [1.82, 2.24) is 4.31 Å². The highest BCUT2D eigenvalue weighted by molar-refractivity contribution is 8.00. The molecule has 0 aliphatic carbocycles. The molecule has 0 spiro atoms. The maximum Gasteiger partial charge on any atom is 0.242 e. The van der Waals surface area contributed by atoms with E-state index in [4.69, 9.17) is 0 Å². The van der Waals surface area contributed by atoms with Crippen LogP contribution >= 0.6 is 11.8 Å². The van der Waals surface area contributed by atoms with E-state index in [1.54, 1.807) is 12.1 Å². The summed E-state index contributed by atoms with van der Waals surface area (Å²) in [5.74, 6) is 0.159. The molecule has 0 bridgehead atoms. The summed E-state index contributed by atoms with van der Waals surface area (Å²) in [7, 11) is -0.497. The van der Waals surface area contributed by atoms with Gasteiger partial charge in [0.15, 0.2) is 0 Å². The molecule has 0 heterocycles. The number of nitrogens with one attached hydrogen (secondary N) is 1. The molecule has 25 heavy (non-hydrogen) atoms. The summed E-state index contributed by atoms with van der Waals surface area (Å²) in [6.45, 7) is 4.10. The van der Waals surface area contributed by atoms with Gasteiger partial charge in [0.25, 0.3) is 0 Å². The van der Waals surface area contributed by atoms with Gasteiger partial charge in [-0.1, -0.05) is 6.07 Å². The normalized spacial score (nSPS) is 11.6. The van der Waals surface area contributed by atoms with Crippen LogP contribution in [-0.4, -0.2) is 38.5 Å². The van der Waals surface area contributed by atoms with Gasteiger partial charge in [0.2, 0.25) is 15.9 Å². The first-order valence-electron chi connectivity index (χ1n) is 7.72. The topological polar surface area (TPSA) is 66.5 Å². The van der Waals surface area contributed by atoms with Gasteiger partial charge in [-0.2, -0.15) is 0 Å². The molecule has 7 heteroatoms. The largest absolute Gasteiger partial charge is 0.325 e. The zero-order valence-corrected chi connectivity index (χ0v) is 16.4. The van der Waals surface area contributed by atoms with Gasteiger partial charge in [0.1, 0.15) is 0 Å². The Morgan fingerprint density at radius 1 is 1.04 bits per heavy atom.